The van der Waals surface area contributed by atoms with Gasteiger partial charge in [-0.05, 0) is 49.4 Å². The normalized spacial score (nSPS) is 16.8. The van der Waals surface area contributed by atoms with E-state index >= 15 is 0 Å². The highest BCUT2D eigenvalue weighted by atomic mass is 19.4. The minimum Gasteiger partial charge on any atom is -0.405 e. The van der Waals surface area contributed by atoms with Crippen LogP contribution in [0.15, 0.2) is 24.4 Å². The van der Waals surface area contributed by atoms with Crippen molar-refractivity contribution < 1.29 is 27.5 Å². The lowest BCUT2D eigenvalue weighted by atomic mass is 10.0. The van der Waals surface area contributed by atoms with Crippen LogP contribution in [0.4, 0.5) is 19.0 Å². The first kappa shape index (κ1) is 21.0. The van der Waals surface area contributed by atoms with Gasteiger partial charge >= 0.3 is 6.36 Å². The summed E-state index contributed by atoms with van der Waals surface area (Å²) in [4.78, 5) is 30.7. The summed E-state index contributed by atoms with van der Waals surface area (Å²) in [5, 5.41) is 3.96. The number of nitrogens with two attached hydrogens (primary N) is 2. The molecule has 12 heteroatoms. The Kier molecular flexibility index (Phi) is 4.52. The largest absolute Gasteiger partial charge is 0.573 e. The second-order valence-corrected chi connectivity index (χ2v) is 8.27. The van der Waals surface area contributed by atoms with Crippen molar-refractivity contribution in [1.82, 2.24) is 19.5 Å². The van der Waals surface area contributed by atoms with E-state index in [1.165, 1.54) is 16.8 Å². The number of halogens is 3. The third-order valence-electron chi connectivity index (χ3n) is 6.08. The zero-order chi connectivity index (χ0) is 23.7. The summed E-state index contributed by atoms with van der Waals surface area (Å²) < 4.78 is 45.0. The maximum atomic E-state index is 13.2. The molecule has 1 atom stereocenters. The van der Waals surface area contributed by atoms with Gasteiger partial charge in [-0.3, -0.25) is 9.59 Å². The van der Waals surface area contributed by atoms with Crippen LogP contribution in [-0.2, 0) is 6.54 Å². The summed E-state index contributed by atoms with van der Waals surface area (Å²) in [6.07, 6.45) is -1.55. The number of amides is 2. The van der Waals surface area contributed by atoms with Crippen molar-refractivity contribution in [3.8, 4) is 17.0 Å². The molecule has 2 amide bonds. The van der Waals surface area contributed by atoms with Crippen LogP contribution in [0.25, 0.3) is 16.9 Å². The number of primary amides is 1. The summed E-state index contributed by atoms with van der Waals surface area (Å²) in [6, 6.07) is 4.15. The van der Waals surface area contributed by atoms with Gasteiger partial charge in [-0.1, -0.05) is 0 Å². The molecule has 0 saturated heterocycles. The van der Waals surface area contributed by atoms with Crippen LogP contribution in [0.1, 0.15) is 46.0 Å². The second kappa shape index (κ2) is 7.09. The Hall–Kier alpha value is -3.83. The number of carbonyl (C=O) groups excluding carboxylic acids is 2. The number of carbonyl (C=O) groups is 2. The van der Waals surface area contributed by atoms with Crippen molar-refractivity contribution in [3.05, 3.63) is 41.1 Å². The van der Waals surface area contributed by atoms with E-state index in [9.17, 15) is 22.8 Å². The number of fused-ring (bicyclic) bond motifs is 2. The molecule has 1 fully saturated rings. The van der Waals surface area contributed by atoms with Gasteiger partial charge in [0, 0.05) is 24.3 Å². The van der Waals surface area contributed by atoms with Gasteiger partial charge in [0.1, 0.15) is 11.3 Å². The average Bonchev–Trinajstić information content (AvgIpc) is 3.43. The fourth-order valence-corrected chi connectivity index (χ4v) is 4.30. The van der Waals surface area contributed by atoms with Crippen LogP contribution in [-0.4, -0.2) is 43.7 Å². The smallest absolute Gasteiger partial charge is 0.405 e. The molecule has 4 N–H and O–H groups in total. The van der Waals surface area contributed by atoms with E-state index < -0.39 is 23.9 Å². The van der Waals surface area contributed by atoms with Crippen LogP contribution in [0.5, 0.6) is 5.75 Å². The van der Waals surface area contributed by atoms with Crippen molar-refractivity contribution in [2.75, 3.05) is 5.73 Å². The number of alkyl halides is 3. The summed E-state index contributed by atoms with van der Waals surface area (Å²) in [6.45, 7) is 2.07. The van der Waals surface area contributed by atoms with Crippen LogP contribution < -0.4 is 16.2 Å². The molecule has 33 heavy (non-hydrogen) atoms. The number of nitrogens with zero attached hydrogens (tertiary/aromatic N) is 4. The molecule has 0 bridgehead atoms. The molecule has 3 heterocycles. The number of hydrogen-bond acceptors (Lipinski definition) is 6. The molecular formula is C21H19F3N6O3. The lowest BCUT2D eigenvalue weighted by molar-refractivity contribution is -0.274. The molecule has 1 aliphatic heterocycles. The molecule has 0 spiro atoms. The van der Waals surface area contributed by atoms with Crippen LogP contribution in [0.3, 0.4) is 0 Å². The highest BCUT2D eigenvalue weighted by Crippen LogP contribution is 2.42. The van der Waals surface area contributed by atoms with Gasteiger partial charge in [-0.15, -0.1) is 18.3 Å². The quantitative estimate of drug-likeness (QED) is 0.602. The van der Waals surface area contributed by atoms with Crippen molar-refractivity contribution in [2.24, 2.45) is 11.7 Å². The predicted octanol–water partition coefficient (Wildman–Crippen LogP) is 2.73. The van der Waals surface area contributed by atoms with Gasteiger partial charge in [-0.2, -0.15) is 0 Å². The topological polar surface area (TPSA) is 129 Å². The molecule has 0 radical (unpaired) electrons. The highest BCUT2D eigenvalue weighted by Gasteiger charge is 2.42. The Labute approximate surface area is 185 Å². The Morgan fingerprint density at radius 2 is 2.03 bits per heavy atom. The lowest BCUT2D eigenvalue weighted by Gasteiger charge is -2.24. The molecule has 2 aliphatic rings. The summed E-state index contributed by atoms with van der Waals surface area (Å²) in [5.74, 6) is -1.68. The molecule has 9 nitrogen and oxygen atoms in total. The fraction of sp³-hybridized carbons (Fsp3) is 0.333. The van der Waals surface area contributed by atoms with Gasteiger partial charge < -0.3 is 21.1 Å². The van der Waals surface area contributed by atoms with Gasteiger partial charge in [0.2, 0.25) is 0 Å². The summed E-state index contributed by atoms with van der Waals surface area (Å²) in [5.41, 5.74) is 11.9. The molecule has 172 valence electrons. The first-order valence-electron chi connectivity index (χ1n) is 10.2. The number of nitrogen functional groups attached to an aromatic ring is 1. The molecule has 5 rings (SSSR count). The number of rotatable bonds is 5. The summed E-state index contributed by atoms with van der Waals surface area (Å²) >= 11 is 0. The standard InChI is InChI=1S/C21H19F3N6O3/c1-9(10-2-3-10)29-8-12-6-11(7-14(15(12)20(29)32)33-21(22,23)24)13-4-5-30-19(27-13)16(18(26)31)17(25)28-30/h4-7,9-10H,2-3,8H2,1H3,(H2,25,28)(H2,26,31). The first-order chi connectivity index (χ1) is 15.5. The fourth-order valence-electron chi connectivity index (χ4n) is 4.30. The molecule has 1 saturated carbocycles. The maximum absolute atomic E-state index is 13.2. The zero-order valence-corrected chi connectivity index (χ0v) is 17.4. The third kappa shape index (κ3) is 3.60. The van der Waals surface area contributed by atoms with E-state index in [2.05, 4.69) is 14.8 Å². The number of ether oxygens (including phenoxy) is 1. The van der Waals surface area contributed by atoms with Crippen molar-refractivity contribution in [3.63, 3.8) is 0 Å². The summed E-state index contributed by atoms with van der Waals surface area (Å²) in [7, 11) is 0. The molecule has 2 aromatic heterocycles. The SMILES string of the molecule is CC(C1CC1)N1Cc2cc(-c3ccn4nc(N)c(C(N)=O)c4n3)cc(OC(F)(F)F)c2C1=O. The van der Waals surface area contributed by atoms with Crippen LogP contribution in [0, 0.1) is 5.92 Å². The van der Waals surface area contributed by atoms with E-state index in [1.54, 1.807) is 11.0 Å². The number of hydrogen-bond donors (Lipinski definition) is 2. The number of anilines is 1. The molecule has 1 unspecified atom stereocenters. The Balaban J connectivity index is 1.63. The van der Waals surface area contributed by atoms with Gasteiger partial charge in [0.05, 0.1) is 11.3 Å². The maximum Gasteiger partial charge on any atom is 0.573 e. The van der Waals surface area contributed by atoms with E-state index in [1.807, 2.05) is 6.92 Å². The van der Waals surface area contributed by atoms with Gasteiger partial charge in [-0.25, -0.2) is 9.50 Å². The van der Waals surface area contributed by atoms with Crippen molar-refractivity contribution >= 4 is 23.3 Å². The van der Waals surface area contributed by atoms with Crippen LogP contribution >= 0.6 is 0 Å². The van der Waals surface area contributed by atoms with Gasteiger partial charge in [0.25, 0.3) is 11.8 Å². The Morgan fingerprint density at radius 3 is 2.67 bits per heavy atom. The minimum absolute atomic E-state index is 0.0661. The molecule has 1 aromatic carbocycles. The minimum atomic E-state index is -4.99. The first-order valence-corrected chi connectivity index (χ1v) is 10.2. The number of aromatic nitrogens is 3. The zero-order valence-electron chi connectivity index (χ0n) is 17.4. The lowest BCUT2D eigenvalue weighted by Crippen LogP contribution is -2.34. The third-order valence-corrected chi connectivity index (χ3v) is 6.08. The van der Waals surface area contributed by atoms with Crippen molar-refractivity contribution in [1.29, 1.82) is 0 Å². The predicted molar refractivity (Wildman–Crippen MR) is 110 cm³/mol. The van der Waals surface area contributed by atoms with E-state index in [-0.39, 0.29) is 46.4 Å². The van der Waals surface area contributed by atoms with E-state index in [0.717, 1.165) is 18.9 Å². The van der Waals surface area contributed by atoms with Crippen LogP contribution in [0.2, 0.25) is 0 Å². The van der Waals surface area contributed by atoms with Crippen molar-refractivity contribution in [2.45, 2.75) is 38.7 Å². The monoisotopic (exact) mass is 460 g/mol. The Morgan fingerprint density at radius 1 is 1.30 bits per heavy atom. The average molecular weight is 460 g/mol. The molecule has 3 aromatic rings. The molecule has 1 aliphatic carbocycles. The highest BCUT2D eigenvalue weighted by molar-refractivity contribution is 6.04. The van der Waals surface area contributed by atoms with E-state index in [0.29, 0.717) is 11.5 Å². The van der Waals surface area contributed by atoms with Gasteiger partial charge in [0.15, 0.2) is 11.5 Å². The number of benzene rings is 1. The molecular weight excluding hydrogens is 441 g/mol. The van der Waals surface area contributed by atoms with E-state index in [4.69, 9.17) is 11.5 Å². The Bertz CT molecular complexity index is 1310. The second-order valence-electron chi connectivity index (χ2n) is 8.27.